The number of nitrogens with one attached hydrogen (secondary N) is 1. The molecule has 0 aliphatic carbocycles. The number of para-hydroxylation sites is 2. The summed E-state index contributed by atoms with van der Waals surface area (Å²) in [6.07, 6.45) is 1.45. The predicted octanol–water partition coefficient (Wildman–Crippen LogP) is 2.11. The summed E-state index contributed by atoms with van der Waals surface area (Å²) in [6.45, 7) is 0.668. The quantitative estimate of drug-likeness (QED) is 0.770. The van der Waals surface area contributed by atoms with E-state index in [1.54, 1.807) is 24.1 Å². The number of anilines is 2. The Hall–Kier alpha value is -3.35. The lowest BCUT2D eigenvalue weighted by atomic mass is 10.2. The molecule has 7 nitrogen and oxygen atoms in total. The number of aryl methyl sites for hydroxylation is 1. The van der Waals surface area contributed by atoms with E-state index in [4.69, 9.17) is 0 Å². The zero-order chi connectivity index (χ0) is 19.0. The predicted molar refractivity (Wildman–Crippen MR) is 104 cm³/mol. The van der Waals surface area contributed by atoms with Crippen molar-refractivity contribution in [2.75, 3.05) is 16.8 Å². The Morgan fingerprint density at radius 3 is 2.41 bits per heavy atom. The van der Waals surface area contributed by atoms with Gasteiger partial charge in [0.15, 0.2) is 0 Å². The summed E-state index contributed by atoms with van der Waals surface area (Å²) in [7, 11) is 1.69. The number of aromatic nitrogens is 2. The van der Waals surface area contributed by atoms with Gasteiger partial charge in [-0.1, -0.05) is 12.1 Å². The largest absolute Gasteiger partial charge is 0.329 e. The van der Waals surface area contributed by atoms with Crippen LogP contribution in [0.2, 0.25) is 0 Å². The standard InChI is InChI=1S/C20H20N4O3/c1-22-16-5-2-3-6-17(16)24(20(22)27)13-18(25)21-14-8-10-15(11-9-14)23-12-4-7-19(23)26/h2-3,5-6,8-11H,4,7,12-13H2,1H3,(H,21,25). The molecule has 138 valence electrons. The Bertz CT molecular complexity index is 1080. The van der Waals surface area contributed by atoms with Gasteiger partial charge in [0.2, 0.25) is 11.8 Å². The maximum atomic E-state index is 12.4. The van der Waals surface area contributed by atoms with Crippen LogP contribution >= 0.6 is 0 Å². The first kappa shape index (κ1) is 17.1. The number of rotatable bonds is 4. The van der Waals surface area contributed by atoms with E-state index in [9.17, 15) is 14.4 Å². The minimum atomic E-state index is -0.279. The van der Waals surface area contributed by atoms with Crippen molar-refractivity contribution in [3.05, 3.63) is 59.0 Å². The van der Waals surface area contributed by atoms with Crippen LogP contribution in [0.5, 0.6) is 0 Å². The van der Waals surface area contributed by atoms with Crippen molar-refractivity contribution >= 4 is 34.2 Å². The number of carbonyl (C=O) groups is 2. The summed E-state index contributed by atoms with van der Waals surface area (Å²) in [5.74, 6) is -0.152. The summed E-state index contributed by atoms with van der Waals surface area (Å²) in [5, 5.41) is 2.81. The first-order chi connectivity index (χ1) is 13.0. The maximum absolute atomic E-state index is 12.4. The van der Waals surface area contributed by atoms with Crippen LogP contribution in [-0.2, 0) is 23.2 Å². The molecular formula is C20H20N4O3. The molecule has 7 heteroatoms. The minimum Gasteiger partial charge on any atom is -0.325 e. The second kappa shape index (κ2) is 6.75. The summed E-state index contributed by atoms with van der Waals surface area (Å²) < 4.78 is 2.99. The molecule has 2 heterocycles. The third-order valence-corrected chi connectivity index (χ3v) is 4.89. The van der Waals surface area contributed by atoms with Gasteiger partial charge in [-0.3, -0.25) is 18.7 Å². The number of hydrogen-bond acceptors (Lipinski definition) is 3. The molecule has 2 amide bonds. The van der Waals surface area contributed by atoms with Crippen LogP contribution in [-0.4, -0.2) is 27.5 Å². The molecule has 4 rings (SSSR count). The molecule has 1 N–H and O–H groups in total. The summed E-state index contributed by atoms with van der Waals surface area (Å²) in [4.78, 5) is 38.4. The number of nitrogens with zero attached hydrogens (tertiary/aromatic N) is 3. The number of amides is 2. The summed E-state index contributed by atoms with van der Waals surface area (Å²) in [6, 6.07) is 14.6. The highest BCUT2D eigenvalue weighted by Crippen LogP contribution is 2.23. The Morgan fingerprint density at radius 2 is 1.74 bits per heavy atom. The SMILES string of the molecule is Cn1c(=O)n(CC(=O)Nc2ccc(N3CCCC3=O)cc2)c2ccccc21. The summed E-state index contributed by atoms with van der Waals surface area (Å²) >= 11 is 0. The van der Waals surface area contributed by atoms with E-state index in [0.717, 1.165) is 29.7 Å². The van der Waals surface area contributed by atoms with Crippen molar-refractivity contribution in [1.82, 2.24) is 9.13 Å². The van der Waals surface area contributed by atoms with Crippen LogP contribution in [0.15, 0.2) is 53.3 Å². The molecule has 2 aromatic carbocycles. The Kier molecular flexibility index (Phi) is 4.27. The smallest absolute Gasteiger partial charge is 0.325 e. The Labute approximate surface area is 155 Å². The lowest BCUT2D eigenvalue weighted by molar-refractivity contribution is -0.117. The van der Waals surface area contributed by atoms with Gasteiger partial charge in [0.25, 0.3) is 0 Å². The van der Waals surface area contributed by atoms with Crippen LogP contribution in [0.3, 0.4) is 0 Å². The van der Waals surface area contributed by atoms with Crippen molar-refractivity contribution in [3.63, 3.8) is 0 Å². The summed E-state index contributed by atoms with van der Waals surface area (Å²) in [5.41, 5.74) is 2.75. The fourth-order valence-electron chi connectivity index (χ4n) is 3.51. The lowest BCUT2D eigenvalue weighted by Gasteiger charge is -2.16. The first-order valence-corrected chi connectivity index (χ1v) is 8.89. The Morgan fingerprint density at radius 1 is 1.04 bits per heavy atom. The van der Waals surface area contributed by atoms with E-state index < -0.39 is 0 Å². The van der Waals surface area contributed by atoms with Gasteiger partial charge in [-0.25, -0.2) is 4.79 Å². The van der Waals surface area contributed by atoms with Gasteiger partial charge < -0.3 is 10.2 Å². The van der Waals surface area contributed by atoms with Crippen molar-refractivity contribution in [3.8, 4) is 0 Å². The molecule has 0 unspecified atom stereocenters. The third-order valence-electron chi connectivity index (χ3n) is 4.89. The lowest BCUT2D eigenvalue weighted by Crippen LogP contribution is -2.28. The topological polar surface area (TPSA) is 76.3 Å². The molecule has 1 aliphatic rings. The molecule has 1 aliphatic heterocycles. The molecule has 1 saturated heterocycles. The molecule has 0 bridgehead atoms. The van der Waals surface area contributed by atoms with E-state index in [-0.39, 0.29) is 24.0 Å². The molecule has 0 atom stereocenters. The average Bonchev–Trinajstić information content (AvgIpc) is 3.20. The normalized spacial score (nSPS) is 14.1. The fourth-order valence-corrected chi connectivity index (χ4v) is 3.51. The van der Waals surface area contributed by atoms with E-state index in [0.29, 0.717) is 12.1 Å². The number of benzene rings is 2. The van der Waals surface area contributed by atoms with Crippen molar-refractivity contribution < 1.29 is 9.59 Å². The van der Waals surface area contributed by atoms with E-state index in [1.807, 2.05) is 36.4 Å². The van der Waals surface area contributed by atoms with Gasteiger partial charge in [0.1, 0.15) is 6.54 Å². The van der Waals surface area contributed by atoms with Gasteiger partial charge >= 0.3 is 5.69 Å². The first-order valence-electron chi connectivity index (χ1n) is 8.89. The number of carbonyl (C=O) groups excluding carboxylic acids is 2. The molecule has 1 aromatic heterocycles. The van der Waals surface area contributed by atoms with Gasteiger partial charge in [-0.2, -0.15) is 0 Å². The van der Waals surface area contributed by atoms with Crippen molar-refractivity contribution in [2.24, 2.45) is 7.05 Å². The van der Waals surface area contributed by atoms with Gasteiger partial charge in [-0.15, -0.1) is 0 Å². The highest BCUT2D eigenvalue weighted by Gasteiger charge is 2.21. The van der Waals surface area contributed by atoms with Gasteiger partial charge in [0, 0.05) is 31.4 Å². The van der Waals surface area contributed by atoms with E-state index in [1.165, 1.54) is 9.13 Å². The van der Waals surface area contributed by atoms with E-state index in [2.05, 4.69) is 5.32 Å². The third kappa shape index (κ3) is 3.12. The molecule has 0 radical (unpaired) electrons. The van der Waals surface area contributed by atoms with Crippen molar-refractivity contribution in [2.45, 2.75) is 19.4 Å². The second-order valence-corrected chi connectivity index (χ2v) is 6.66. The molecule has 27 heavy (non-hydrogen) atoms. The zero-order valence-corrected chi connectivity index (χ0v) is 15.0. The molecule has 1 fully saturated rings. The highest BCUT2D eigenvalue weighted by atomic mass is 16.2. The van der Waals surface area contributed by atoms with Crippen LogP contribution < -0.4 is 15.9 Å². The fraction of sp³-hybridized carbons (Fsp3) is 0.250. The number of hydrogen-bond donors (Lipinski definition) is 1. The molecular weight excluding hydrogens is 344 g/mol. The molecule has 0 saturated carbocycles. The number of fused-ring (bicyclic) bond motifs is 1. The van der Waals surface area contributed by atoms with Gasteiger partial charge in [-0.05, 0) is 42.8 Å². The van der Waals surface area contributed by atoms with Crippen LogP contribution in [0.4, 0.5) is 11.4 Å². The zero-order valence-electron chi connectivity index (χ0n) is 15.0. The highest BCUT2D eigenvalue weighted by molar-refractivity contribution is 5.96. The van der Waals surface area contributed by atoms with Crippen molar-refractivity contribution in [1.29, 1.82) is 0 Å². The second-order valence-electron chi connectivity index (χ2n) is 6.66. The van der Waals surface area contributed by atoms with Crippen LogP contribution in [0.1, 0.15) is 12.8 Å². The van der Waals surface area contributed by atoms with Gasteiger partial charge in [0.05, 0.1) is 11.0 Å². The maximum Gasteiger partial charge on any atom is 0.329 e. The number of imidazole rings is 1. The van der Waals surface area contributed by atoms with Crippen LogP contribution in [0, 0.1) is 0 Å². The minimum absolute atomic E-state index is 0.0629. The van der Waals surface area contributed by atoms with E-state index >= 15 is 0 Å². The van der Waals surface area contributed by atoms with Crippen LogP contribution in [0.25, 0.3) is 11.0 Å². The average molecular weight is 364 g/mol. The Balaban J connectivity index is 1.50. The monoisotopic (exact) mass is 364 g/mol. The molecule has 3 aromatic rings. The molecule has 0 spiro atoms.